The summed E-state index contributed by atoms with van der Waals surface area (Å²) < 4.78 is 15.5. The van der Waals surface area contributed by atoms with Crippen molar-refractivity contribution in [1.82, 2.24) is 25.4 Å². The van der Waals surface area contributed by atoms with Gasteiger partial charge in [0.2, 0.25) is 0 Å². The molecule has 1 aromatic heterocycles. The molecule has 0 spiro atoms. The molecular formula is C17H24FIN6. The van der Waals surface area contributed by atoms with Crippen molar-refractivity contribution in [2.24, 2.45) is 12.0 Å². The monoisotopic (exact) mass is 458 g/mol. The number of halogens is 2. The number of nitrogens with zero attached hydrogens (tertiary/aromatic N) is 4. The zero-order chi connectivity index (χ0) is 17.4. The quantitative estimate of drug-likeness (QED) is 0.290. The van der Waals surface area contributed by atoms with Crippen molar-refractivity contribution >= 4 is 29.9 Å². The van der Waals surface area contributed by atoms with Crippen molar-refractivity contribution in [1.29, 1.82) is 0 Å². The summed E-state index contributed by atoms with van der Waals surface area (Å²) in [6.07, 6.45) is 2.32. The maximum absolute atomic E-state index is 13.6. The summed E-state index contributed by atoms with van der Waals surface area (Å²) in [6, 6.07) is 6.78. The standard InChI is InChI=1S/C17H23FN6.HI/c1-4-10-19-17(21-12-16-23-22-13(2)24(16)3)20-11-9-14-7-5-6-8-15(14)18;/h4-8H,1,9-12H2,2-3H3,(H2,19,20,21);1H. The third-order valence-corrected chi connectivity index (χ3v) is 3.62. The number of hydrogen-bond acceptors (Lipinski definition) is 3. The molecule has 0 saturated carbocycles. The highest BCUT2D eigenvalue weighted by molar-refractivity contribution is 14.0. The van der Waals surface area contributed by atoms with Gasteiger partial charge in [-0.3, -0.25) is 0 Å². The first kappa shape index (κ1) is 21.1. The van der Waals surface area contributed by atoms with Gasteiger partial charge in [-0.25, -0.2) is 9.38 Å². The minimum absolute atomic E-state index is 0. The van der Waals surface area contributed by atoms with Gasteiger partial charge in [0.05, 0.1) is 0 Å². The molecule has 2 aromatic rings. The zero-order valence-corrected chi connectivity index (χ0v) is 16.8. The lowest BCUT2D eigenvalue weighted by Crippen LogP contribution is -2.38. The Hall–Kier alpha value is -1.97. The molecule has 0 aliphatic rings. The Labute approximate surface area is 164 Å². The smallest absolute Gasteiger partial charge is 0.191 e. The van der Waals surface area contributed by atoms with Gasteiger partial charge in [-0.1, -0.05) is 24.3 Å². The third kappa shape index (κ3) is 6.45. The molecular weight excluding hydrogens is 434 g/mol. The Morgan fingerprint density at radius 3 is 2.72 bits per heavy atom. The van der Waals surface area contributed by atoms with Crippen LogP contribution in [0.2, 0.25) is 0 Å². The van der Waals surface area contributed by atoms with Gasteiger partial charge in [0.15, 0.2) is 11.8 Å². The number of benzene rings is 1. The van der Waals surface area contributed by atoms with Gasteiger partial charge in [-0.15, -0.1) is 40.8 Å². The van der Waals surface area contributed by atoms with Crippen LogP contribution in [0.25, 0.3) is 0 Å². The molecule has 0 bridgehead atoms. The normalized spacial score (nSPS) is 10.9. The Kier molecular flexibility index (Phi) is 9.11. The van der Waals surface area contributed by atoms with E-state index in [-0.39, 0.29) is 29.8 Å². The number of rotatable bonds is 7. The van der Waals surface area contributed by atoms with Gasteiger partial charge < -0.3 is 15.2 Å². The number of aromatic nitrogens is 3. The fourth-order valence-electron chi connectivity index (χ4n) is 2.10. The summed E-state index contributed by atoms with van der Waals surface area (Å²) in [5.41, 5.74) is 0.678. The highest BCUT2D eigenvalue weighted by Crippen LogP contribution is 2.06. The van der Waals surface area contributed by atoms with E-state index in [1.165, 1.54) is 6.07 Å². The second kappa shape index (κ2) is 10.8. The Morgan fingerprint density at radius 2 is 2.08 bits per heavy atom. The number of aryl methyl sites for hydroxylation is 1. The molecule has 25 heavy (non-hydrogen) atoms. The number of hydrogen-bond donors (Lipinski definition) is 2. The molecule has 0 saturated heterocycles. The highest BCUT2D eigenvalue weighted by Gasteiger charge is 2.05. The maximum Gasteiger partial charge on any atom is 0.191 e. The summed E-state index contributed by atoms with van der Waals surface area (Å²) in [7, 11) is 1.91. The van der Waals surface area contributed by atoms with Crippen LogP contribution in [0.5, 0.6) is 0 Å². The molecule has 0 radical (unpaired) electrons. The Bertz CT molecular complexity index is 713. The van der Waals surface area contributed by atoms with Crippen LogP contribution in [0.4, 0.5) is 4.39 Å². The van der Waals surface area contributed by atoms with E-state index in [1.807, 2.05) is 24.6 Å². The van der Waals surface area contributed by atoms with Crippen LogP contribution in [0.3, 0.4) is 0 Å². The molecule has 1 aromatic carbocycles. The largest absolute Gasteiger partial charge is 0.356 e. The molecule has 136 valence electrons. The van der Waals surface area contributed by atoms with Crippen LogP contribution in [-0.2, 0) is 20.0 Å². The average molecular weight is 458 g/mol. The van der Waals surface area contributed by atoms with Gasteiger partial charge in [-0.05, 0) is 25.0 Å². The second-order valence-corrected chi connectivity index (χ2v) is 5.33. The molecule has 2 rings (SSSR count). The lowest BCUT2D eigenvalue weighted by molar-refractivity contribution is 0.607. The van der Waals surface area contributed by atoms with Crippen LogP contribution >= 0.6 is 24.0 Å². The summed E-state index contributed by atoms with van der Waals surface area (Å²) in [4.78, 5) is 4.49. The predicted octanol–water partition coefficient (Wildman–Crippen LogP) is 2.34. The van der Waals surface area contributed by atoms with Gasteiger partial charge >= 0.3 is 0 Å². The Balaban J connectivity index is 0.00000312. The van der Waals surface area contributed by atoms with Crippen molar-refractivity contribution in [2.75, 3.05) is 13.1 Å². The van der Waals surface area contributed by atoms with Crippen molar-refractivity contribution in [3.63, 3.8) is 0 Å². The summed E-state index contributed by atoms with van der Waals surface area (Å²) >= 11 is 0. The van der Waals surface area contributed by atoms with E-state index in [9.17, 15) is 4.39 Å². The first-order valence-electron chi connectivity index (χ1n) is 7.83. The molecule has 0 unspecified atom stereocenters. The van der Waals surface area contributed by atoms with Crippen molar-refractivity contribution in [2.45, 2.75) is 19.9 Å². The predicted molar refractivity (Wildman–Crippen MR) is 109 cm³/mol. The Morgan fingerprint density at radius 1 is 1.32 bits per heavy atom. The minimum atomic E-state index is -0.189. The molecule has 0 aliphatic carbocycles. The topological polar surface area (TPSA) is 67.1 Å². The molecule has 0 fully saturated rings. The van der Waals surface area contributed by atoms with E-state index in [0.717, 1.165) is 11.6 Å². The lowest BCUT2D eigenvalue weighted by Gasteiger charge is -2.11. The summed E-state index contributed by atoms with van der Waals surface area (Å²) in [6.45, 7) is 7.14. The maximum atomic E-state index is 13.6. The first-order chi connectivity index (χ1) is 11.6. The van der Waals surface area contributed by atoms with E-state index in [0.29, 0.717) is 37.6 Å². The number of guanidine groups is 1. The second-order valence-electron chi connectivity index (χ2n) is 5.33. The summed E-state index contributed by atoms with van der Waals surface area (Å²) in [5.74, 6) is 2.06. The molecule has 6 nitrogen and oxygen atoms in total. The highest BCUT2D eigenvalue weighted by atomic mass is 127. The lowest BCUT2D eigenvalue weighted by atomic mass is 10.1. The molecule has 2 N–H and O–H groups in total. The van der Waals surface area contributed by atoms with Crippen molar-refractivity contribution in [3.8, 4) is 0 Å². The fourth-order valence-corrected chi connectivity index (χ4v) is 2.10. The van der Waals surface area contributed by atoms with Gasteiger partial charge in [0, 0.05) is 20.1 Å². The first-order valence-corrected chi connectivity index (χ1v) is 7.83. The van der Waals surface area contributed by atoms with E-state index in [2.05, 4.69) is 32.4 Å². The van der Waals surface area contributed by atoms with Crippen molar-refractivity contribution in [3.05, 3.63) is 59.9 Å². The van der Waals surface area contributed by atoms with Gasteiger partial charge in [-0.2, -0.15) is 0 Å². The minimum Gasteiger partial charge on any atom is -0.356 e. The van der Waals surface area contributed by atoms with E-state index >= 15 is 0 Å². The van der Waals surface area contributed by atoms with Gasteiger partial charge in [0.25, 0.3) is 0 Å². The zero-order valence-electron chi connectivity index (χ0n) is 14.5. The SMILES string of the molecule is C=CCNC(=NCc1nnc(C)n1C)NCCc1ccccc1F.I. The van der Waals surface area contributed by atoms with E-state index in [1.54, 1.807) is 18.2 Å². The molecule has 8 heteroatoms. The average Bonchev–Trinajstić information content (AvgIpc) is 2.90. The van der Waals surface area contributed by atoms with Crippen LogP contribution in [-0.4, -0.2) is 33.8 Å². The number of nitrogens with one attached hydrogen (secondary N) is 2. The van der Waals surface area contributed by atoms with E-state index < -0.39 is 0 Å². The molecule has 0 atom stereocenters. The van der Waals surface area contributed by atoms with Crippen molar-refractivity contribution < 1.29 is 4.39 Å². The fraction of sp³-hybridized carbons (Fsp3) is 0.353. The summed E-state index contributed by atoms with van der Waals surface area (Å²) in [5, 5.41) is 14.4. The van der Waals surface area contributed by atoms with E-state index in [4.69, 9.17) is 0 Å². The van der Waals surface area contributed by atoms with Crippen LogP contribution in [0.15, 0.2) is 41.9 Å². The molecule has 0 amide bonds. The molecule has 1 heterocycles. The number of aliphatic imine (C=N–C) groups is 1. The van der Waals surface area contributed by atoms with Gasteiger partial charge in [0.1, 0.15) is 18.2 Å². The van der Waals surface area contributed by atoms with Crippen LogP contribution in [0.1, 0.15) is 17.2 Å². The van der Waals surface area contributed by atoms with Crippen LogP contribution < -0.4 is 10.6 Å². The molecule has 0 aliphatic heterocycles. The third-order valence-electron chi connectivity index (χ3n) is 3.62. The van der Waals surface area contributed by atoms with Crippen LogP contribution in [0, 0.1) is 12.7 Å².